The van der Waals surface area contributed by atoms with Crippen molar-refractivity contribution >= 4 is 16.0 Å². The molecular weight excluding hydrogens is 301 g/mol. The lowest BCUT2D eigenvalue weighted by atomic mass is 10.2. The van der Waals surface area contributed by atoms with E-state index in [1.54, 1.807) is 6.92 Å². The van der Waals surface area contributed by atoms with E-state index < -0.39 is 26.7 Å². The Morgan fingerprint density at radius 1 is 1.48 bits per heavy atom. The third kappa shape index (κ3) is 3.39. The molecule has 1 aliphatic rings. The summed E-state index contributed by atoms with van der Waals surface area (Å²) in [5.74, 6) is -2.37. The van der Waals surface area contributed by atoms with Gasteiger partial charge in [0.25, 0.3) is 0 Å². The summed E-state index contributed by atoms with van der Waals surface area (Å²) in [4.78, 5) is 10.2. The van der Waals surface area contributed by atoms with E-state index >= 15 is 0 Å². The molecule has 6 nitrogen and oxygen atoms in total. The number of aromatic carboxylic acids is 1. The van der Waals surface area contributed by atoms with Crippen LogP contribution in [0.2, 0.25) is 0 Å². The Bertz CT molecular complexity index is 646. The molecule has 0 saturated carbocycles. The van der Waals surface area contributed by atoms with Crippen LogP contribution in [0.4, 0.5) is 4.39 Å². The molecular formula is C13H16FNO5S. The lowest BCUT2D eigenvalue weighted by Crippen LogP contribution is -2.36. The van der Waals surface area contributed by atoms with Gasteiger partial charge in [0.15, 0.2) is 0 Å². The molecule has 1 heterocycles. The number of benzene rings is 1. The molecule has 1 aromatic carbocycles. The number of nitrogens with zero attached hydrogens (tertiary/aromatic N) is 1. The molecule has 1 atom stereocenters. The highest BCUT2D eigenvalue weighted by Crippen LogP contribution is 2.22. The maximum Gasteiger partial charge on any atom is 0.335 e. The highest BCUT2D eigenvalue weighted by molar-refractivity contribution is 7.89. The van der Waals surface area contributed by atoms with Gasteiger partial charge in [-0.2, -0.15) is 4.31 Å². The SMILES string of the molecule is CC1CN(S(=O)(=O)c2ccc(C(=O)O)cc2F)CCCO1. The predicted octanol–water partition coefficient (Wildman–Crippen LogP) is 1.32. The Hall–Kier alpha value is -1.51. The highest BCUT2D eigenvalue weighted by Gasteiger charge is 2.30. The van der Waals surface area contributed by atoms with Gasteiger partial charge < -0.3 is 9.84 Å². The highest BCUT2D eigenvalue weighted by atomic mass is 32.2. The minimum atomic E-state index is -4.01. The van der Waals surface area contributed by atoms with Crippen LogP contribution >= 0.6 is 0 Å². The van der Waals surface area contributed by atoms with Crippen LogP contribution in [0.15, 0.2) is 23.1 Å². The average Bonchev–Trinajstić information content (AvgIpc) is 2.63. The number of carboxylic acid groups (broad SMARTS) is 1. The number of sulfonamides is 1. The van der Waals surface area contributed by atoms with Crippen molar-refractivity contribution in [2.24, 2.45) is 0 Å². The van der Waals surface area contributed by atoms with Gasteiger partial charge in [-0.1, -0.05) is 0 Å². The second-order valence-corrected chi connectivity index (χ2v) is 6.75. The zero-order valence-electron chi connectivity index (χ0n) is 11.5. The van der Waals surface area contributed by atoms with Crippen LogP contribution in [0.3, 0.4) is 0 Å². The van der Waals surface area contributed by atoms with Gasteiger partial charge in [0.1, 0.15) is 10.7 Å². The van der Waals surface area contributed by atoms with Crippen molar-refractivity contribution in [1.29, 1.82) is 0 Å². The van der Waals surface area contributed by atoms with E-state index in [1.165, 1.54) is 4.31 Å². The molecule has 1 unspecified atom stereocenters. The van der Waals surface area contributed by atoms with Crippen molar-refractivity contribution in [3.63, 3.8) is 0 Å². The lowest BCUT2D eigenvalue weighted by Gasteiger charge is -2.22. The molecule has 1 aromatic rings. The van der Waals surface area contributed by atoms with Crippen LogP contribution in [-0.2, 0) is 14.8 Å². The average molecular weight is 317 g/mol. The summed E-state index contributed by atoms with van der Waals surface area (Å²) in [6.07, 6.45) is 0.252. The number of carbonyl (C=O) groups is 1. The number of ether oxygens (including phenoxy) is 1. The van der Waals surface area contributed by atoms with Gasteiger partial charge in [-0.15, -0.1) is 0 Å². The van der Waals surface area contributed by atoms with Gasteiger partial charge in [-0.3, -0.25) is 0 Å². The molecule has 0 amide bonds. The van der Waals surface area contributed by atoms with Crippen LogP contribution in [0, 0.1) is 5.82 Å². The summed E-state index contributed by atoms with van der Waals surface area (Å²) in [7, 11) is -4.01. The standard InChI is InChI=1S/C13H16FNO5S/c1-9-8-15(5-2-6-20-9)21(18,19)12-4-3-10(13(16)17)7-11(12)14/h3-4,7,9H,2,5-6,8H2,1H3,(H,16,17). The molecule has 2 rings (SSSR count). The topological polar surface area (TPSA) is 83.9 Å². The van der Waals surface area contributed by atoms with E-state index in [0.717, 1.165) is 12.1 Å². The molecule has 0 aliphatic carbocycles. The lowest BCUT2D eigenvalue weighted by molar-refractivity contribution is 0.0696. The summed E-state index contributed by atoms with van der Waals surface area (Å²) in [5, 5.41) is 8.78. The summed E-state index contributed by atoms with van der Waals surface area (Å²) in [6.45, 7) is 2.58. The van der Waals surface area contributed by atoms with Gasteiger partial charge in [0, 0.05) is 19.7 Å². The van der Waals surface area contributed by atoms with Crippen molar-refractivity contribution < 1.29 is 27.4 Å². The molecule has 0 spiro atoms. The molecule has 1 saturated heterocycles. The Morgan fingerprint density at radius 2 is 2.19 bits per heavy atom. The van der Waals surface area contributed by atoms with Crippen molar-refractivity contribution in [2.45, 2.75) is 24.3 Å². The Balaban J connectivity index is 2.37. The fraction of sp³-hybridized carbons (Fsp3) is 0.462. The van der Waals surface area contributed by atoms with Gasteiger partial charge >= 0.3 is 5.97 Å². The first-order valence-corrected chi connectivity index (χ1v) is 7.91. The first-order chi connectivity index (χ1) is 9.82. The van der Waals surface area contributed by atoms with Gasteiger partial charge in [-0.25, -0.2) is 17.6 Å². The maximum absolute atomic E-state index is 14.0. The van der Waals surface area contributed by atoms with Crippen LogP contribution in [0.5, 0.6) is 0 Å². The van der Waals surface area contributed by atoms with E-state index in [1.807, 2.05) is 0 Å². The number of rotatable bonds is 3. The third-order valence-corrected chi connectivity index (χ3v) is 5.11. The molecule has 1 fully saturated rings. The Morgan fingerprint density at radius 3 is 2.81 bits per heavy atom. The van der Waals surface area contributed by atoms with E-state index in [0.29, 0.717) is 19.1 Å². The zero-order valence-corrected chi connectivity index (χ0v) is 12.3. The van der Waals surface area contributed by atoms with Crippen LogP contribution in [0.25, 0.3) is 0 Å². The van der Waals surface area contributed by atoms with E-state index in [9.17, 15) is 17.6 Å². The number of carboxylic acids is 1. The van der Waals surface area contributed by atoms with Gasteiger partial charge in [0.2, 0.25) is 10.0 Å². The monoisotopic (exact) mass is 317 g/mol. The first kappa shape index (κ1) is 15.9. The molecule has 1 N–H and O–H groups in total. The molecule has 21 heavy (non-hydrogen) atoms. The smallest absolute Gasteiger partial charge is 0.335 e. The predicted molar refractivity (Wildman–Crippen MR) is 72.1 cm³/mol. The Labute approximate surface area is 122 Å². The van der Waals surface area contributed by atoms with Crippen molar-refractivity contribution in [2.75, 3.05) is 19.7 Å². The molecule has 1 aliphatic heterocycles. The first-order valence-electron chi connectivity index (χ1n) is 6.47. The van der Waals surface area contributed by atoms with Crippen LogP contribution in [0.1, 0.15) is 23.7 Å². The second kappa shape index (κ2) is 6.08. The van der Waals surface area contributed by atoms with E-state index in [2.05, 4.69) is 0 Å². The van der Waals surface area contributed by atoms with E-state index in [-0.39, 0.29) is 24.8 Å². The number of hydrogen-bond acceptors (Lipinski definition) is 4. The maximum atomic E-state index is 14.0. The second-order valence-electron chi connectivity index (χ2n) is 4.85. The Kier molecular flexibility index (Phi) is 4.60. The molecule has 0 bridgehead atoms. The summed E-state index contributed by atoms with van der Waals surface area (Å²) in [6, 6.07) is 2.79. The normalized spacial score (nSPS) is 21.0. The molecule has 116 valence electrons. The zero-order chi connectivity index (χ0) is 15.6. The minimum Gasteiger partial charge on any atom is -0.478 e. The molecule has 8 heteroatoms. The molecule has 0 radical (unpaired) electrons. The van der Waals surface area contributed by atoms with Crippen molar-refractivity contribution in [3.8, 4) is 0 Å². The quantitative estimate of drug-likeness (QED) is 0.909. The van der Waals surface area contributed by atoms with Crippen molar-refractivity contribution in [3.05, 3.63) is 29.6 Å². The van der Waals surface area contributed by atoms with Gasteiger partial charge in [-0.05, 0) is 31.5 Å². The largest absolute Gasteiger partial charge is 0.478 e. The fourth-order valence-corrected chi connectivity index (χ4v) is 3.76. The van der Waals surface area contributed by atoms with Crippen LogP contribution in [-0.4, -0.2) is 49.6 Å². The van der Waals surface area contributed by atoms with Crippen molar-refractivity contribution in [1.82, 2.24) is 4.31 Å². The molecule has 0 aromatic heterocycles. The summed E-state index contributed by atoms with van der Waals surface area (Å²) in [5.41, 5.74) is -0.293. The van der Waals surface area contributed by atoms with Crippen LogP contribution < -0.4 is 0 Å². The van der Waals surface area contributed by atoms with E-state index in [4.69, 9.17) is 9.84 Å². The number of hydrogen-bond donors (Lipinski definition) is 1. The third-order valence-electron chi connectivity index (χ3n) is 3.21. The minimum absolute atomic E-state index is 0.141. The summed E-state index contributed by atoms with van der Waals surface area (Å²) >= 11 is 0. The van der Waals surface area contributed by atoms with Gasteiger partial charge in [0.05, 0.1) is 11.7 Å². The summed E-state index contributed by atoms with van der Waals surface area (Å²) < 4.78 is 45.4. The number of halogens is 1. The fourth-order valence-electron chi connectivity index (χ4n) is 2.16.